The molecule has 0 saturated carbocycles. The molecule has 1 amide bonds. The summed E-state index contributed by atoms with van der Waals surface area (Å²) in [4.78, 5) is 18.8. The van der Waals surface area contributed by atoms with Gasteiger partial charge in [0.15, 0.2) is 0 Å². The van der Waals surface area contributed by atoms with Crippen LogP contribution in [-0.2, 0) is 0 Å². The number of pyridine rings is 1. The zero-order chi connectivity index (χ0) is 16.8. The Bertz CT molecular complexity index is 681. The van der Waals surface area contributed by atoms with Crippen molar-refractivity contribution in [1.82, 2.24) is 15.2 Å². The molecule has 1 aromatic carbocycles. The van der Waals surface area contributed by atoms with Crippen LogP contribution in [-0.4, -0.2) is 42.0 Å². The summed E-state index contributed by atoms with van der Waals surface area (Å²) in [6, 6.07) is 9.74. The molecule has 2 heterocycles. The van der Waals surface area contributed by atoms with Crippen molar-refractivity contribution in [2.75, 3.05) is 26.2 Å². The molecule has 0 radical (unpaired) electrons. The molecule has 0 unspecified atom stereocenters. The number of carbonyl (C=O) groups is 1. The van der Waals surface area contributed by atoms with Gasteiger partial charge in [-0.15, -0.1) is 0 Å². The van der Waals surface area contributed by atoms with Gasteiger partial charge in [0.1, 0.15) is 5.82 Å². The zero-order valence-corrected chi connectivity index (χ0v) is 13.7. The zero-order valence-electron chi connectivity index (χ0n) is 13.7. The topological polar surface area (TPSA) is 45.2 Å². The molecule has 1 aliphatic heterocycles. The standard InChI is InChI=1S/C19H22FN3O/c20-17-6-3-5-15(13-17)18-8-7-16(14-22-18)19(24)21-9-4-12-23-10-1-2-11-23/h3,5-8,13-14H,1-2,4,9-12H2,(H,21,24). The molecule has 126 valence electrons. The Morgan fingerprint density at radius 3 is 2.75 bits per heavy atom. The molecule has 1 saturated heterocycles. The summed E-state index contributed by atoms with van der Waals surface area (Å²) in [5, 5.41) is 2.93. The number of aromatic nitrogens is 1. The van der Waals surface area contributed by atoms with E-state index in [4.69, 9.17) is 0 Å². The van der Waals surface area contributed by atoms with Crippen LogP contribution in [0.5, 0.6) is 0 Å². The first-order valence-electron chi connectivity index (χ1n) is 8.45. The maximum Gasteiger partial charge on any atom is 0.252 e. The van der Waals surface area contributed by atoms with Crippen molar-refractivity contribution in [2.45, 2.75) is 19.3 Å². The van der Waals surface area contributed by atoms with E-state index in [1.165, 1.54) is 44.3 Å². The monoisotopic (exact) mass is 327 g/mol. The first-order chi connectivity index (χ1) is 11.7. The lowest BCUT2D eigenvalue weighted by Crippen LogP contribution is -2.28. The van der Waals surface area contributed by atoms with Crippen LogP contribution in [0.25, 0.3) is 11.3 Å². The highest BCUT2D eigenvalue weighted by Crippen LogP contribution is 2.17. The normalized spacial score (nSPS) is 14.7. The van der Waals surface area contributed by atoms with Crippen molar-refractivity contribution in [3.05, 3.63) is 54.0 Å². The van der Waals surface area contributed by atoms with Gasteiger partial charge in [-0.3, -0.25) is 9.78 Å². The Labute approximate surface area is 141 Å². The largest absolute Gasteiger partial charge is 0.352 e. The average molecular weight is 327 g/mol. The van der Waals surface area contributed by atoms with Crippen LogP contribution in [0.1, 0.15) is 29.6 Å². The summed E-state index contributed by atoms with van der Waals surface area (Å²) in [5.74, 6) is -0.413. The van der Waals surface area contributed by atoms with Gasteiger partial charge in [0.2, 0.25) is 0 Å². The third kappa shape index (κ3) is 4.38. The molecule has 0 spiro atoms. The third-order valence-corrected chi connectivity index (χ3v) is 4.28. The number of likely N-dealkylation sites (tertiary alicyclic amines) is 1. The molecule has 4 nitrogen and oxygen atoms in total. The number of nitrogens with zero attached hydrogens (tertiary/aromatic N) is 2. The number of benzene rings is 1. The molecular formula is C19H22FN3O. The highest BCUT2D eigenvalue weighted by molar-refractivity contribution is 5.94. The number of carbonyl (C=O) groups excluding carboxylic acids is 1. The van der Waals surface area contributed by atoms with Gasteiger partial charge in [-0.1, -0.05) is 12.1 Å². The average Bonchev–Trinajstić information content (AvgIpc) is 3.12. The first kappa shape index (κ1) is 16.6. The summed E-state index contributed by atoms with van der Waals surface area (Å²) >= 11 is 0. The molecule has 0 aliphatic carbocycles. The van der Waals surface area contributed by atoms with Crippen molar-refractivity contribution in [2.24, 2.45) is 0 Å². The van der Waals surface area contributed by atoms with E-state index in [2.05, 4.69) is 15.2 Å². The van der Waals surface area contributed by atoms with Gasteiger partial charge in [-0.05, 0) is 63.2 Å². The van der Waals surface area contributed by atoms with E-state index in [1.54, 1.807) is 24.3 Å². The number of amides is 1. The molecule has 0 atom stereocenters. The highest BCUT2D eigenvalue weighted by atomic mass is 19.1. The fraction of sp³-hybridized carbons (Fsp3) is 0.368. The quantitative estimate of drug-likeness (QED) is 0.829. The Morgan fingerprint density at radius 2 is 2.04 bits per heavy atom. The molecular weight excluding hydrogens is 305 g/mol. The van der Waals surface area contributed by atoms with Crippen LogP contribution in [0.3, 0.4) is 0 Å². The summed E-state index contributed by atoms with van der Waals surface area (Å²) < 4.78 is 13.2. The minimum Gasteiger partial charge on any atom is -0.352 e. The summed E-state index contributed by atoms with van der Waals surface area (Å²) in [7, 11) is 0. The number of rotatable bonds is 6. The molecule has 1 N–H and O–H groups in total. The second kappa shape index (κ2) is 8.02. The minimum atomic E-state index is -0.297. The van der Waals surface area contributed by atoms with Gasteiger partial charge in [0, 0.05) is 18.3 Å². The van der Waals surface area contributed by atoms with Crippen LogP contribution in [0.2, 0.25) is 0 Å². The van der Waals surface area contributed by atoms with E-state index in [0.717, 1.165) is 13.0 Å². The minimum absolute atomic E-state index is 0.116. The Kier molecular flexibility index (Phi) is 5.54. The van der Waals surface area contributed by atoms with Gasteiger partial charge in [0.05, 0.1) is 11.3 Å². The third-order valence-electron chi connectivity index (χ3n) is 4.28. The van der Waals surface area contributed by atoms with E-state index in [-0.39, 0.29) is 11.7 Å². The van der Waals surface area contributed by atoms with Crippen LogP contribution in [0.4, 0.5) is 4.39 Å². The number of hydrogen-bond donors (Lipinski definition) is 1. The summed E-state index contributed by atoms with van der Waals surface area (Å²) in [6.45, 7) is 4.07. The van der Waals surface area contributed by atoms with E-state index in [0.29, 0.717) is 23.4 Å². The van der Waals surface area contributed by atoms with E-state index in [1.807, 2.05) is 0 Å². The number of halogens is 1. The Hall–Kier alpha value is -2.27. The van der Waals surface area contributed by atoms with Gasteiger partial charge in [-0.2, -0.15) is 0 Å². The van der Waals surface area contributed by atoms with Crippen molar-refractivity contribution >= 4 is 5.91 Å². The van der Waals surface area contributed by atoms with Crippen LogP contribution in [0.15, 0.2) is 42.6 Å². The molecule has 2 aromatic rings. The molecule has 24 heavy (non-hydrogen) atoms. The maximum atomic E-state index is 13.2. The van der Waals surface area contributed by atoms with Gasteiger partial charge < -0.3 is 10.2 Å². The fourth-order valence-electron chi connectivity index (χ4n) is 2.96. The van der Waals surface area contributed by atoms with Crippen molar-refractivity contribution < 1.29 is 9.18 Å². The predicted octanol–water partition coefficient (Wildman–Crippen LogP) is 3.10. The lowest BCUT2D eigenvalue weighted by atomic mass is 10.1. The van der Waals surface area contributed by atoms with Crippen LogP contribution >= 0.6 is 0 Å². The van der Waals surface area contributed by atoms with Crippen LogP contribution in [0, 0.1) is 5.82 Å². The number of nitrogens with one attached hydrogen (secondary N) is 1. The smallest absolute Gasteiger partial charge is 0.252 e. The SMILES string of the molecule is O=C(NCCCN1CCCC1)c1ccc(-c2cccc(F)c2)nc1. The predicted molar refractivity (Wildman–Crippen MR) is 92.3 cm³/mol. The molecule has 1 aliphatic rings. The molecule has 0 bridgehead atoms. The molecule has 3 rings (SSSR count). The second-order valence-electron chi connectivity index (χ2n) is 6.10. The first-order valence-corrected chi connectivity index (χ1v) is 8.45. The van der Waals surface area contributed by atoms with E-state index >= 15 is 0 Å². The fourth-order valence-corrected chi connectivity index (χ4v) is 2.96. The van der Waals surface area contributed by atoms with E-state index < -0.39 is 0 Å². The van der Waals surface area contributed by atoms with Crippen molar-refractivity contribution in [3.8, 4) is 11.3 Å². The summed E-state index contributed by atoms with van der Waals surface area (Å²) in [5.41, 5.74) is 1.88. The van der Waals surface area contributed by atoms with Gasteiger partial charge in [-0.25, -0.2) is 4.39 Å². The Balaban J connectivity index is 1.50. The summed E-state index contributed by atoms with van der Waals surface area (Å²) in [6.07, 6.45) is 5.07. The number of hydrogen-bond acceptors (Lipinski definition) is 3. The van der Waals surface area contributed by atoms with Crippen LogP contribution < -0.4 is 5.32 Å². The lowest BCUT2D eigenvalue weighted by Gasteiger charge is -2.14. The van der Waals surface area contributed by atoms with Crippen molar-refractivity contribution in [1.29, 1.82) is 0 Å². The lowest BCUT2D eigenvalue weighted by molar-refractivity contribution is 0.0951. The van der Waals surface area contributed by atoms with E-state index in [9.17, 15) is 9.18 Å². The van der Waals surface area contributed by atoms with Crippen molar-refractivity contribution in [3.63, 3.8) is 0 Å². The highest BCUT2D eigenvalue weighted by Gasteiger charge is 2.11. The van der Waals surface area contributed by atoms with Gasteiger partial charge in [0.25, 0.3) is 5.91 Å². The maximum absolute atomic E-state index is 13.2. The Morgan fingerprint density at radius 1 is 1.21 bits per heavy atom. The molecule has 5 heteroatoms. The molecule has 1 aromatic heterocycles. The van der Waals surface area contributed by atoms with Gasteiger partial charge >= 0.3 is 0 Å². The second-order valence-corrected chi connectivity index (χ2v) is 6.10. The molecule has 1 fully saturated rings.